The van der Waals surface area contributed by atoms with Crippen molar-refractivity contribution < 1.29 is 22.0 Å². The molecule has 0 aliphatic carbocycles. The van der Waals surface area contributed by atoms with Gasteiger partial charge in [0.25, 0.3) is 5.91 Å². The van der Waals surface area contributed by atoms with Crippen LogP contribution in [0.15, 0.2) is 35.5 Å². The van der Waals surface area contributed by atoms with Crippen molar-refractivity contribution in [3.63, 3.8) is 0 Å². The second-order valence-corrected chi connectivity index (χ2v) is 10.9. The third-order valence-corrected chi connectivity index (χ3v) is 8.27. The average Bonchev–Trinajstić information content (AvgIpc) is 2.67. The molecule has 1 aliphatic rings. The number of amidine groups is 1. The largest absolute Gasteiger partial charge is 0.386 e. The van der Waals surface area contributed by atoms with Gasteiger partial charge in [-0.25, -0.2) is 22.2 Å². The second kappa shape index (κ2) is 7.52. The summed E-state index contributed by atoms with van der Waals surface area (Å²) in [5.41, 5.74) is 1.48. The number of anilines is 1. The Balaban J connectivity index is 2.05. The highest BCUT2D eigenvalue weighted by Crippen LogP contribution is 2.44. The van der Waals surface area contributed by atoms with Gasteiger partial charge in [-0.15, -0.1) is 0 Å². The zero-order valence-corrected chi connectivity index (χ0v) is 18.8. The molecule has 1 unspecified atom stereocenters. The number of nitrogens with zero attached hydrogens (tertiary/aromatic N) is 2. The van der Waals surface area contributed by atoms with Crippen LogP contribution in [0.2, 0.25) is 5.02 Å². The summed E-state index contributed by atoms with van der Waals surface area (Å²) in [7, 11) is -4.45. The van der Waals surface area contributed by atoms with E-state index in [1.165, 1.54) is 26.1 Å². The van der Waals surface area contributed by atoms with Gasteiger partial charge >= 0.3 is 0 Å². The molecule has 0 saturated carbocycles. The molecule has 3 rings (SSSR count). The van der Waals surface area contributed by atoms with Crippen molar-refractivity contribution >= 4 is 38.9 Å². The van der Waals surface area contributed by atoms with Gasteiger partial charge in [-0.05, 0) is 57.5 Å². The number of nitrogens with one attached hydrogen (secondary N) is 1. The molecule has 0 bridgehead atoms. The molecule has 1 amide bonds. The van der Waals surface area contributed by atoms with Crippen LogP contribution in [-0.2, 0) is 15.4 Å². The number of amides is 1. The molecule has 31 heavy (non-hydrogen) atoms. The lowest BCUT2D eigenvalue weighted by Gasteiger charge is -2.40. The number of halogens is 3. The molecule has 2 atom stereocenters. The number of carbonyl (C=O) groups excluding carboxylic acids is 1. The molecule has 7 nitrogen and oxygen atoms in total. The first-order chi connectivity index (χ1) is 14.2. The van der Waals surface area contributed by atoms with E-state index < -0.39 is 37.4 Å². The number of rotatable bonds is 3. The summed E-state index contributed by atoms with van der Waals surface area (Å²) in [4.78, 5) is 20.6. The minimum atomic E-state index is -4.45. The first kappa shape index (κ1) is 23.1. The molecule has 0 saturated heterocycles. The first-order valence-corrected chi connectivity index (χ1v) is 11.1. The first-order valence-electron chi connectivity index (χ1n) is 9.18. The van der Waals surface area contributed by atoms with Crippen molar-refractivity contribution in [3.05, 3.63) is 58.1 Å². The summed E-state index contributed by atoms with van der Waals surface area (Å²) in [5.74, 6) is -1.83. The monoisotopic (exact) mass is 470 g/mol. The SMILES string of the molecule is Cc1cc(Cl)cnc1C(=O)Nc1ccc(F)c([C@@]2(C)N=C(N)C(C)(C)S(=O)(=O)C2F)c1. The second-order valence-electron chi connectivity index (χ2n) is 7.98. The number of hydrogen-bond acceptors (Lipinski definition) is 6. The summed E-state index contributed by atoms with van der Waals surface area (Å²) < 4.78 is 53.6. The normalized spacial score (nSPS) is 24.4. The van der Waals surface area contributed by atoms with E-state index in [0.29, 0.717) is 10.6 Å². The molecule has 0 fully saturated rings. The minimum absolute atomic E-state index is 0.0918. The van der Waals surface area contributed by atoms with Gasteiger partial charge < -0.3 is 11.1 Å². The summed E-state index contributed by atoms with van der Waals surface area (Å²) in [5, 5.41) is 2.90. The van der Waals surface area contributed by atoms with E-state index in [9.17, 15) is 17.6 Å². The minimum Gasteiger partial charge on any atom is -0.386 e. The topological polar surface area (TPSA) is 115 Å². The number of alkyl halides is 1. The van der Waals surface area contributed by atoms with E-state index in [4.69, 9.17) is 17.3 Å². The molecule has 1 aliphatic heterocycles. The molecular formula is C20H21ClF2N4O3S. The van der Waals surface area contributed by atoms with E-state index >= 15 is 4.39 Å². The maximum Gasteiger partial charge on any atom is 0.274 e. The summed E-state index contributed by atoms with van der Waals surface area (Å²) in [6.45, 7) is 5.26. The number of nitrogens with two attached hydrogens (primary N) is 1. The fourth-order valence-electron chi connectivity index (χ4n) is 3.28. The maximum absolute atomic E-state index is 15.3. The fraction of sp³-hybridized carbons (Fsp3) is 0.350. The summed E-state index contributed by atoms with van der Waals surface area (Å²) in [6.07, 6.45) is 1.31. The number of carbonyl (C=O) groups is 1. The lowest BCUT2D eigenvalue weighted by atomic mass is 9.91. The highest BCUT2D eigenvalue weighted by molar-refractivity contribution is 7.94. The van der Waals surface area contributed by atoms with Crippen LogP contribution in [0.5, 0.6) is 0 Å². The molecule has 166 valence electrons. The van der Waals surface area contributed by atoms with Crippen molar-refractivity contribution in [3.8, 4) is 0 Å². The molecule has 0 spiro atoms. The van der Waals surface area contributed by atoms with Crippen LogP contribution < -0.4 is 11.1 Å². The number of aliphatic imine (C=N–C) groups is 1. The van der Waals surface area contributed by atoms with Crippen molar-refractivity contribution in [2.75, 3.05) is 5.32 Å². The van der Waals surface area contributed by atoms with Crippen LogP contribution in [0.25, 0.3) is 0 Å². The predicted molar refractivity (Wildman–Crippen MR) is 115 cm³/mol. The van der Waals surface area contributed by atoms with E-state index in [0.717, 1.165) is 19.1 Å². The predicted octanol–water partition coefficient (Wildman–Crippen LogP) is 3.51. The van der Waals surface area contributed by atoms with Crippen LogP contribution in [-0.4, -0.2) is 35.4 Å². The van der Waals surface area contributed by atoms with Gasteiger partial charge in [0.1, 0.15) is 27.6 Å². The number of hydrogen-bond donors (Lipinski definition) is 2. The zero-order valence-electron chi connectivity index (χ0n) is 17.2. The van der Waals surface area contributed by atoms with Gasteiger partial charge in [-0.1, -0.05) is 11.6 Å². The van der Waals surface area contributed by atoms with Crippen LogP contribution >= 0.6 is 11.6 Å². The molecular weight excluding hydrogens is 450 g/mol. The Morgan fingerprint density at radius 2 is 1.90 bits per heavy atom. The van der Waals surface area contributed by atoms with Gasteiger partial charge in [0, 0.05) is 17.4 Å². The molecule has 2 aromatic rings. The van der Waals surface area contributed by atoms with Gasteiger partial charge in [0.05, 0.1) is 5.02 Å². The van der Waals surface area contributed by atoms with E-state index in [2.05, 4.69) is 15.3 Å². The van der Waals surface area contributed by atoms with Crippen LogP contribution in [0.3, 0.4) is 0 Å². The number of benzene rings is 1. The number of pyridine rings is 1. The average molecular weight is 471 g/mol. The smallest absolute Gasteiger partial charge is 0.274 e. The standard InChI is InChI=1S/C20H21ClF2N4O3S/c1-10-7-11(21)9-25-15(10)16(28)26-12-5-6-14(22)13(8-12)20(4)17(23)31(29,30)19(2,3)18(24)27-20/h5-9,17H,1-4H3,(H2,24,27)(H,26,28)/t17?,20-/m1/s1. The fourth-order valence-corrected chi connectivity index (χ4v) is 5.13. The van der Waals surface area contributed by atoms with Crippen LogP contribution in [0.1, 0.15) is 42.4 Å². The van der Waals surface area contributed by atoms with Crippen molar-refractivity contribution in [1.29, 1.82) is 0 Å². The highest BCUT2D eigenvalue weighted by atomic mass is 35.5. The number of aryl methyl sites for hydroxylation is 1. The molecule has 0 radical (unpaired) electrons. The van der Waals surface area contributed by atoms with Gasteiger partial charge in [-0.2, -0.15) is 0 Å². The van der Waals surface area contributed by atoms with Gasteiger partial charge in [-0.3, -0.25) is 9.79 Å². The third-order valence-electron chi connectivity index (χ3n) is 5.42. The van der Waals surface area contributed by atoms with Crippen molar-refractivity contribution in [2.45, 2.75) is 43.5 Å². The van der Waals surface area contributed by atoms with Gasteiger partial charge in [0.15, 0.2) is 9.84 Å². The molecule has 1 aromatic heterocycles. The summed E-state index contributed by atoms with van der Waals surface area (Å²) >= 11 is 5.85. The Kier molecular flexibility index (Phi) is 5.60. The highest BCUT2D eigenvalue weighted by Gasteiger charge is 2.58. The maximum atomic E-state index is 15.3. The summed E-state index contributed by atoms with van der Waals surface area (Å²) in [6, 6.07) is 4.94. The lowest BCUT2D eigenvalue weighted by molar-refractivity contribution is 0.102. The third kappa shape index (κ3) is 3.67. The number of aromatic nitrogens is 1. The van der Waals surface area contributed by atoms with Crippen molar-refractivity contribution in [2.24, 2.45) is 10.7 Å². The quantitative estimate of drug-likeness (QED) is 0.712. The van der Waals surface area contributed by atoms with Crippen molar-refractivity contribution in [1.82, 2.24) is 4.98 Å². The lowest BCUT2D eigenvalue weighted by Crippen LogP contribution is -2.58. The Morgan fingerprint density at radius 1 is 1.26 bits per heavy atom. The zero-order chi connectivity index (χ0) is 23.4. The van der Waals surface area contributed by atoms with E-state index in [1.807, 2.05) is 0 Å². The molecule has 2 heterocycles. The Bertz CT molecular complexity index is 1220. The number of sulfone groups is 1. The van der Waals surface area contributed by atoms with E-state index in [1.54, 1.807) is 13.0 Å². The Morgan fingerprint density at radius 3 is 2.52 bits per heavy atom. The van der Waals surface area contributed by atoms with Gasteiger partial charge in [0.2, 0.25) is 5.50 Å². The molecule has 11 heteroatoms. The molecule has 1 aromatic carbocycles. The Labute approximate surface area is 183 Å². The molecule has 3 N–H and O–H groups in total. The Hall–Kier alpha value is -2.59. The van der Waals surface area contributed by atoms with E-state index in [-0.39, 0.29) is 22.8 Å². The van der Waals surface area contributed by atoms with Crippen LogP contribution in [0.4, 0.5) is 14.5 Å². The van der Waals surface area contributed by atoms with Crippen LogP contribution in [0, 0.1) is 12.7 Å².